The van der Waals surface area contributed by atoms with E-state index in [2.05, 4.69) is 31.2 Å². The molecule has 146 valence electrons. The van der Waals surface area contributed by atoms with Crippen LogP contribution >= 0.6 is 23.5 Å². The molecule has 1 heterocycles. The van der Waals surface area contributed by atoms with E-state index in [1.807, 2.05) is 36.5 Å². The molecule has 0 aromatic rings. The summed E-state index contributed by atoms with van der Waals surface area (Å²) in [5, 5.41) is 40.4. The zero-order valence-electron chi connectivity index (χ0n) is 16.8. The maximum absolute atomic E-state index is 10.2. The molecule has 6 heteroatoms. The molecular weight excluding hydrogens is 384 g/mol. The smallest absolute Gasteiger partial charge is 0.196 e. The van der Waals surface area contributed by atoms with Crippen LogP contribution < -0.4 is 0 Å². The van der Waals surface area contributed by atoms with Crippen LogP contribution in [-0.4, -0.2) is 16.1 Å². The predicted octanol–water partition coefficient (Wildman–Crippen LogP) is 5.72. The summed E-state index contributed by atoms with van der Waals surface area (Å²) in [6.45, 7) is 5.89. The Bertz CT molecular complexity index is 795. The van der Waals surface area contributed by atoms with Gasteiger partial charge in [-0.25, -0.2) is 0 Å². The Balaban J connectivity index is 2.76. The highest BCUT2D eigenvalue weighted by Gasteiger charge is 2.63. The first kappa shape index (κ1) is 22.4. The number of thioether (sulfide) groups is 2. The van der Waals surface area contributed by atoms with Crippen molar-refractivity contribution in [3.8, 4) is 24.3 Å². The average molecular weight is 411 g/mol. The molecule has 1 saturated heterocycles. The molecule has 0 unspecified atom stereocenters. The zero-order valence-corrected chi connectivity index (χ0v) is 18.4. The minimum absolute atomic E-state index is 0.142. The zero-order chi connectivity index (χ0) is 20.8. The van der Waals surface area contributed by atoms with Gasteiger partial charge >= 0.3 is 0 Å². The normalized spacial score (nSPS) is 25.4. The van der Waals surface area contributed by atoms with Crippen molar-refractivity contribution in [1.82, 2.24) is 0 Å². The fourth-order valence-corrected chi connectivity index (χ4v) is 7.08. The SMILES string of the molecule is CCCCC/C(C)=C1\C(C2SCCCS2)=C[C@H](C)C(C#N)(C#N)C1(C#N)C#N. The van der Waals surface area contributed by atoms with Crippen molar-refractivity contribution in [2.75, 3.05) is 11.5 Å². The molecule has 0 bridgehead atoms. The molecule has 1 atom stereocenters. The van der Waals surface area contributed by atoms with Crippen LogP contribution in [0.4, 0.5) is 0 Å². The number of nitriles is 4. The molecule has 28 heavy (non-hydrogen) atoms. The number of allylic oxidation sites excluding steroid dienone is 3. The lowest BCUT2D eigenvalue weighted by atomic mass is 9.52. The van der Waals surface area contributed by atoms with Gasteiger partial charge in [0.1, 0.15) is 0 Å². The van der Waals surface area contributed by atoms with Crippen LogP contribution in [0.2, 0.25) is 0 Å². The van der Waals surface area contributed by atoms with Crippen molar-refractivity contribution in [3.05, 3.63) is 22.8 Å². The topological polar surface area (TPSA) is 95.2 Å². The van der Waals surface area contributed by atoms with Gasteiger partial charge in [0, 0.05) is 5.92 Å². The molecular formula is C22H26N4S2. The third kappa shape index (κ3) is 3.57. The highest BCUT2D eigenvalue weighted by molar-refractivity contribution is 8.17. The monoisotopic (exact) mass is 410 g/mol. The Morgan fingerprint density at radius 3 is 2.18 bits per heavy atom. The second-order valence-corrected chi connectivity index (χ2v) is 10.2. The van der Waals surface area contributed by atoms with E-state index < -0.39 is 16.7 Å². The van der Waals surface area contributed by atoms with Crippen molar-refractivity contribution in [2.24, 2.45) is 16.7 Å². The third-order valence-electron chi connectivity index (χ3n) is 5.72. The Hall–Kier alpha value is -1.86. The second kappa shape index (κ2) is 9.56. The summed E-state index contributed by atoms with van der Waals surface area (Å²) >= 11 is 3.67. The molecule has 2 aliphatic rings. The Morgan fingerprint density at radius 1 is 1.07 bits per heavy atom. The summed E-state index contributed by atoms with van der Waals surface area (Å²) in [5.41, 5.74) is -0.876. The highest BCUT2D eigenvalue weighted by Crippen LogP contribution is 2.59. The number of rotatable bonds is 5. The average Bonchev–Trinajstić information content (AvgIpc) is 2.73. The minimum atomic E-state index is -1.77. The first-order chi connectivity index (χ1) is 13.5. The van der Waals surface area contributed by atoms with Gasteiger partial charge in [0.15, 0.2) is 5.41 Å². The summed E-state index contributed by atoms with van der Waals surface area (Å²) in [4.78, 5) is 0. The molecule has 0 aromatic carbocycles. The van der Waals surface area contributed by atoms with Crippen molar-refractivity contribution < 1.29 is 0 Å². The molecule has 0 amide bonds. The molecule has 0 N–H and O–H groups in total. The van der Waals surface area contributed by atoms with Gasteiger partial charge in [0.25, 0.3) is 0 Å². The Kier molecular flexibility index (Phi) is 7.66. The van der Waals surface area contributed by atoms with Crippen molar-refractivity contribution in [3.63, 3.8) is 0 Å². The lowest BCUT2D eigenvalue weighted by molar-refractivity contribution is 0.263. The van der Waals surface area contributed by atoms with Crippen LogP contribution in [0.15, 0.2) is 22.8 Å². The standard InChI is InChI=1S/C22H26N4S2/c1-4-5-6-8-16(2)19-18(20-27-9-7-10-28-20)11-17(3)21(12-23,13-24)22(19,14-25)15-26/h11,17,20H,4-10H2,1-3H3/b19-16+/t17-/m0/s1. The summed E-state index contributed by atoms with van der Waals surface area (Å²) in [7, 11) is 0. The van der Waals surface area contributed by atoms with Crippen LogP contribution in [0.25, 0.3) is 0 Å². The molecule has 0 saturated carbocycles. The first-order valence-corrected chi connectivity index (χ1v) is 11.9. The van der Waals surface area contributed by atoms with E-state index in [0.717, 1.165) is 54.8 Å². The van der Waals surface area contributed by atoms with Crippen molar-refractivity contribution >= 4 is 23.5 Å². The third-order valence-corrected chi connectivity index (χ3v) is 8.70. The van der Waals surface area contributed by atoms with Crippen molar-refractivity contribution in [1.29, 1.82) is 21.0 Å². The van der Waals surface area contributed by atoms with Crippen LogP contribution in [0.3, 0.4) is 0 Å². The largest absolute Gasteiger partial charge is 0.201 e. The fraction of sp³-hybridized carbons (Fsp3) is 0.636. The number of unbranched alkanes of at least 4 members (excludes halogenated alkanes) is 2. The molecule has 0 spiro atoms. The predicted molar refractivity (Wildman–Crippen MR) is 115 cm³/mol. The van der Waals surface area contributed by atoms with Crippen LogP contribution in [-0.2, 0) is 0 Å². The first-order valence-electron chi connectivity index (χ1n) is 9.78. The van der Waals surface area contributed by atoms with E-state index in [1.54, 1.807) is 6.92 Å². The molecule has 1 aliphatic carbocycles. The molecule has 1 fully saturated rings. The highest BCUT2D eigenvalue weighted by atomic mass is 32.2. The molecule has 2 rings (SSSR count). The summed E-state index contributed by atoms with van der Waals surface area (Å²) in [5.74, 6) is 1.59. The van der Waals surface area contributed by atoms with Gasteiger partial charge in [0.2, 0.25) is 5.41 Å². The van der Waals surface area contributed by atoms with E-state index in [4.69, 9.17) is 0 Å². The van der Waals surface area contributed by atoms with Crippen LogP contribution in [0.1, 0.15) is 52.9 Å². The maximum atomic E-state index is 10.2. The van der Waals surface area contributed by atoms with Gasteiger partial charge in [0.05, 0.1) is 28.9 Å². The molecule has 0 radical (unpaired) electrons. The molecule has 0 aromatic heterocycles. The Labute approximate surface area is 177 Å². The van der Waals surface area contributed by atoms with Gasteiger partial charge in [-0.2, -0.15) is 21.0 Å². The quantitative estimate of drug-likeness (QED) is 0.538. The maximum Gasteiger partial charge on any atom is 0.201 e. The Morgan fingerprint density at radius 2 is 1.68 bits per heavy atom. The van der Waals surface area contributed by atoms with E-state index in [0.29, 0.717) is 5.57 Å². The summed E-state index contributed by atoms with van der Waals surface area (Å²) in [6, 6.07) is 8.49. The number of hydrogen-bond acceptors (Lipinski definition) is 6. The van der Waals surface area contributed by atoms with E-state index in [-0.39, 0.29) is 4.58 Å². The fourth-order valence-electron chi connectivity index (χ4n) is 4.14. The van der Waals surface area contributed by atoms with Crippen LogP contribution in [0.5, 0.6) is 0 Å². The number of hydrogen-bond donors (Lipinski definition) is 0. The molecule has 4 nitrogen and oxygen atoms in total. The van der Waals surface area contributed by atoms with Crippen LogP contribution in [0, 0.1) is 62.1 Å². The number of nitrogens with zero attached hydrogens (tertiary/aromatic N) is 4. The van der Waals surface area contributed by atoms with Gasteiger partial charge in [-0.05, 0) is 48.8 Å². The van der Waals surface area contributed by atoms with Gasteiger partial charge in [-0.3, -0.25) is 0 Å². The minimum Gasteiger partial charge on any atom is -0.196 e. The van der Waals surface area contributed by atoms with E-state index in [9.17, 15) is 21.0 Å². The van der Waals surface area contributed by atoms with E-state index >= 15 is 0 Å². The lowest BCUT2D eigenvalue weighted by Gasteiger charge is -2.44. The molecule has 1 aliphatic heterocycles. The van der Waals surface area contributed by atoms with Gasteiger partial charge < -0.3 is 0 Å². The van der Waals surface area contributed by atoms with Crippen molar-refractivity contribution in [2.45, 2.75) is 57.5 Å². The van der Waals surface area contributed by atoms with Gasteiger partial charge in [-0.1, -0.05) is 38.3 Å². The van der Waals surface area contributed by atoms with E-state index in [1.165, 1.54) is 0 Å². The van der Waals surface area contributed by atoms with Gasteiger partial charge in [-0.15, -0.1) is 23.5 Å². The lowest BCUT2D eigenvalue weighted by Crippen LogP contribution is -2.48. The summed E-state index contributed by atoms with van der Waals surface area (Å²) < 4.78 is 0.142. The second-order valence-electron chi connectivity index (χ2n) is 7.46. The summed E-state index contributed by atoms with van der Waals surface area (Å²) in [6.07, 6.45) is 7.03.